The minimum atomic E-state index is 0.162. The standard InChI is InChI=1S/C12H24N2O2/c1-10-12(2,4-7-16-10)14-5-3-11-9-15-8-6-13-11/h10-11,13-14H,3-9H2,1-2H3. The number of morpholine rings is 1. The van der Waals surface area contributed by atoms with Gasteiger partial charge in [-0.1, -0.05) is 0 Å². The molecule has 2 aliphatic rings. The van der Waals surface area contributed by atoms with Crippen LogP contribution in [0.4, 0.5) is 0 Å². The first-order valence-corrected chi connectivity index (χ1v) is 6.38. The fraction of sp³-hybridized carbons (Fsp3) is 1.00. The minimum absolute atomic E-state index is 0.162. The first kappa shape index (κ1) is 12.3. The van der Waals surface area contributed by atoms with E-state index in [1.807, 2.05) is 0 Å². The topological polar surface area (TPSA) is 42.5 Å². The zero-order valence-corrected chi connectivity index (χ0v) is 10.4. The molecule has 0 aromatic rings. The molecule has 0 aliphatic carbocycles. The monoisotopic (exact) mass is 228 g/mol. The van der Waals surface area contributed by atoms with Crippen molar-refractivity contribution in [1.82, 2.24) is 10.6 Å². The molecule has 2 saturated heterocycles. The molecule has 0 radical (unpaired) electrons. The van der Waals surface area contributed by atoms with Crippen molar-refractivity contribution >= 4 is 0 Å². The van der Waals surface area contributed by atoms with E-state index in [1.54, 1.807) is 0 Å². The Labute approximate surface area is 98.1 Å². The predicted octanol–water partition coefficient (Wildman–Crippen LogP) is 0.522. The molecule has 0 saturated carbocycles. The van der Waals surface area contributed by atoms with Crippen molar-refractivity contribution in [2.45, 2.75) is 44.4 Å². The molecular weight excluding hydrogens is 204 g/mol. The van der Waals surface area contributed by atoms with Crippen molar-refractivity contribution in [1.29, 1.82) is 0 Å². The summed E-state index contributed by atoms with van der Waals surface area (Å²) in [5, 5.41) is 7.11. The van der Waals surface area contributed by atoms with Crippen LogP contribution in [0.1, 0.15) is 26.7 Å². The zero-order chi connectivity index (χ0) is 11.4. The molecule has 0 amide bonds. The molecule has 3 atom stereocenters. The maximum Gasteiger partial charge on any atom is 0.0726 e. The summed E-state index contributed by atoms with van der Waals surface area (Å²) >= 11 is 0. The molecule has 2 aliphatic heterocycles. The number of ether oxygens (including phenoxy) is 2. The number of rotatable bonds is 4. The van der Waals surface area contributed by atoms with E-state index in [2.05, 4.69) is 24.5 Å². The number of hydrogen-bond acceptors (Lipinski definition) is 4. The molecule has 2 rings (SSSR count). The van der Waals surface area contributed by atoms with Gasteiger partial charge >= 0.3 is 0 Å². The van der Waals surface area contributed by atoms with Crippen LogP contribution in [0.2, 0.25) is 0 Å². The minimum Gasteiger partial charge on any atom is -0.379 e. The smallest absolute Gasteiger partial charge is 0.0726 e. The van der Waals surface area contributed by atoms with E-state index in [0.717, 1.165) is 45.8 Å². The van der Waals surface area contributed by atoms with E-state index in [-0.39, 0.29) is 5.54 Å². The average molecular weight is 228 g/mol. The molecular formula is C12H24N2O2. The highest BCUT2D eigenvalue weighted by molar-refractivity contribution is 4.93. The van der Waals surface area contributed by atoms with E-state index >= 15 is 0 Å². The lowest BCUT2D eigenvalue weighted by molar-refractivity contribution is 0.0698. The lowest BCUT2D eigenvalue weighted by Gasteiger charge is -2.31. The summed E-state index contributed by atoms with van der Waals surface area (Å²) in [5.41, 5.74) is 0.162. The second kappa shape index (κ2) is 5.45. The van der Waals surface area contributed by atoms with E-state index in [9.17, 15) is 0 Å². The van der Waals surface area contributed by atoms with Gasteiger partial charge in [0.2, 0.25) is 0 Å². The molecule has 0 aromatic carbocycles. The average Bonchev–Trinajstić information content (AvgIpc) is 2.61. The first-order valence-electron chi connectivity index (χ1n) is 6.38. The van der Waals surface area contributed by atoms with Crippen LogP contribution in [0.25, 0.3) is 0 Å². The Balaban J connectivity index is 1.66. The van der Waals surface area contributed by atoms with Gasteiger partial charge in [0.25, 0.3) is 0 Å². The third kappa shape index (κ3) is 2.94. The molecule has 2 fully saturated rings. The highest BCUT2D eigenvalue weighted by atomic mass is 16.5. The third-order valence-corrected chi connectivity index (χ3v) is 3.91. The molecule has 2 heterocycles. The Kier molecular flexibility index (Phi) is 4.19. The van der Waals surface area contributed by atoms with Crippen LogP contribution in [0.5, 0.6) is 0 Å². The van der Waals surface area contributed by atoms with Gasteiger partial charge in [-0.25, -0.2) is 0 Å². The molecule has 3 unspecified atom stereocenters. The fourth-order valence-corrected chi connectivity index (χ4v) is 2.40. The van der Waals surface area contributed by atoms with Gasteiger partial charge in [0, 0.05) is 24.7 Å². The quantitative estimate of drug-likeness (QED) is 0.736. The van der Waals surface area contributed by atoms with Gasteiger partial charge < -0.3 is 20.1 Å². The van der Waals surface area contributed by atoms with Crippen LogP contribution >= 0.6 is 0 Å². The van der Waals surface area contributed by atoms with Gasteiger partial charge in [-0.2, -0.15) is 0 Å². The Morgan fingerprint density at radius 3 is 2.94 bits per heavy atom. The number of hydrogen-bond donors (Lipinski definition) is 2. The van der Waals surface area contributed by atoms with Crippen molar-refractivity contribution in [3.63, 3.8) is 0 Å². The van der Waals surface area contributed by atoms with Crippen LogP contribution in [0, 0.1) is 0 Å². The van der Waals surface area contributed by atoms with Crippen LogP contribution in [-0.2, 0) is 9.47 Å². The highest BCUT2D eigenvalue weighted by Crippen LogP contribution is 2.24. The summed E-state index contributed by atoms with van der Waals surface area (Å²) in [6, 6.07) is 0.516. The Hall–Kier alpha value is -0.160. The summed E-state index contributed by atoms with van der Waals surface area (Å²) in [5.74, 6) is 0. The molecule has 0 spiro atoms. The summed E-state index contributed by atoms with van der Waals surface area (Å²) in [4.78, 5) is 0. The molecule has 0 bridgehead atoms. The maximum atomic E-state index is 5.61. The molecule has 0 aromatic heterocycles. The van der Waals surface area contributed by atoms with Gasteiger partial charge in [-0.15, -0.1) is 0 Å². The molecule has 16 heavy (non-hydrogen) atoms. The Morgan fingerprint density at radius 1 is 1.44 bits per heavy atom. The maximum absolute atomic E-state index is 5.61. The Bertz CT molecular complexity index is 219. The van der Waals surface area contributed by atoms with Gasteiger partial charge in [-0.3, -0.25) is 0 Å². The normalized spacial score (nSPS) is 40.1. The molecule has 2 N–H and O–H groups in total. The van der Waals surface area contributed by atoms with E-state index in [0.29, 0.717) is 12.1 Å². The summed E-state index contributed by atoms with van der Waals surface area (Å²) in [6.45, 7) is 9.02. The highest BCUT2D eigenvalue weighted by Gasteiger charge is 2.36. The first-order chi connectivity index (χ1) is 7.71. The van der Waals surface area contributed by atoms with Crippen LogP contribution in [-0.4, -0.2) is 50.6 Å². The van der Waals surface area contributed by atoms with Crippen molar-refractivity contribution in [2.24, 2.45) is 0 Å². The second-order valence-electron chi connectivity index (χ2n) is 5.12. The lowest BCUT2D eigenvalue weighted by Crippen LogP contribution is -2.50. The molecule has 94 valence electrons. The second-order valence-corrected chi connectivity index (χ2v) is 5.12. The van der Waals surface area contributed by atoms with Crippen LogP contribution in [0.15, 0.2) is 0 Å². The Morgan fingerprint density at radius 2 is 2.31 bits per heavy atom. The van der Waals surface area contributed by atoms with Crippen molar-refractivity contribution in [3.8, 4) is 0 Å². The van der Waals surface area contributed by atoms with Gasteiger partial charge in [0.1, 0.15) is 0 Å². The van der Waals surface area contributed by atoms with Crippen molar-refractivity contribution < 1.29 is 9.47 Å². The summed E-state index contributed by atoms with van der Waals surface area (Å²) in [7, 11) is 0. The third-order valence-electron chi connectivity index (χ3n) is 3.91. The van der Waals surface area contributed by atoms with Gasteiger partial charge in [-0.05, 0) is 33.2 Å². The lowest BCUT2D eigenvalue weighted by atomic mass is 9.94. The molecule has 4 nitrogen and oxygen atoms in total. The predicted molar refractivity (Wildman–Crippen MR) is 63.7 cm³/mol. The van der Waals surface area contributed by atoms with Gasteiger partial charge in [0.05, 0.1) is 19.3 Å². The van der Waals surface area contributed by atoms with Crippen LogP contribution in [0.3, 0.4) is 0 Å². The molecule has 4 heteroatoms. The SMILES string of the molecule is CC1OCCC1(C)NCCC1COCCN1. The fourth-order valence-electron chi connectivity index (χ4n) is 2.40. The van der Waals surface area contributed by atoms with Gasteiger partial charge in [0.15, 0.2) is 0 Å². The zero-order valence-electron chi connectivity index (χ0n) is 10.4. The van der Waals surface area contributed by atoms with Crippen LogP contribution < -0.4 is 10.6 Å². The van der Waals surface area contributed by atoms with E-state index in [4.69, 9.17) is 9.47 Å². The van der Waals surface area contributed by atoms with E-state index < -0.39 is 0 Å². The number of nitrogens with one attached hydrogen (secondary N) is 2. The summed E-state index contributed by atoms with van der Waals surface area (Å²) < 4.78 is 11.0. The summed E-state index contributed by atoms with van der Waals surface area (Å²) in [6.07, 6.45) is 2.56. The van der Waals surface area contributed by atoms with Crippen molar-refractivity contribution in [2.75, 3.05) is 32.9 Å². The largest absolute Gasteiger partial charge is 0.379 e. The van der Waals surface area contributed by atoms with Crippen molar-refractivity contribution in [3.05, 3.63) is 0 Å². The van der Waals surface area contributed by atoms with E-state index in [1.165, 1.54) is 0 Å².